The lowest BCUT2D eigenvalue weighted by atomic mass is 9.99. The van der Waals surface area contributed by atoms with Gasteiger partial charge in [-0.3, -0.25) is 4.79 Å². The van der Waals surface area contributed by atoms with Crippen molar-refractivity contribution in [2.45, 2.75) is 52.6 Å². The van der Waals surface area contributed by atoms with Gasteiger partial charge in [0.05, 0.1) is 6.61 Å². The maximum atomic E-state index is 12.4. The molecule has 0 saturated heterocycles. The number of benzene rings is 1. The Morgan fingerprint density at radius 1 is 1.16 bits per heavy atom. The minimum absolute atomic E-state index is 0.121. The molecular weight excluding hydrogens is 316 g/mol. The van der Waals surface area contributed by atoms with Gasteiger partial charge >= 0.3 is 0 Å². The van der Waals surface area contributed by atoms with E-state index in [4.69, 9.17) is 9.47 Å². The summed E-state index contributed by atoms with van der Waals surface area (Å²) >= 11 is 0. The van der Waals surface area contributed by atoms with Crippen LogP contribution in [0.2, 0.25) is 0 Å². The molecular formula is C20H34N2O3. The summed E-state index contributed by atoms with van der Waals surface area (Å²) in [4.78, 5) is 14.8. The van der Waals surface area contributed by atoms with Gasteiger partial charge in [-0.05, 0) is 57.1 Å². The van der Waals surface area contributed by atoms with Crippen molar-refractivity contribution in [1.29, 1.82) is 0 Å². The molecule has 0 fully saturated rings. The first kappa shape index (κ1) is 21.5. The van der Waals surface area contributed by atoms with Crippen molar-refractivity contribution < 1.29 is 14.3 Å². The number of carbonyl (C=O) groups excluding carboxylic acids is 1. The number of hydrogen-bond acceptors (Lipinski definition) is 4. The van der Waals surface area contributed by atoms with E-state index in [0.29, 0.717) is 13.0 Å². The fourth-order valence-electron chi connectivity index (χ4n) is 2.70. The fraction of sp³-hybridized carbons (Fsp3) is 0.650. The number of ether oxygens (including phenoxy) is 2. The Morgan fingerprint density at radius 3 is 2.32 bits per heavy atom. The summed E-state index contributed by atoms with van der Waals surface area (Å²) in [6.45, 7) is 12.1. The van der Waals surface area contributed by atoms with Crippen molar-refractivity contribution in [3.8, 4) is 5.75 Å². The molecule has 1 amide bonds. The summed E-state index contributed by atoms with van der Waals surface area (Å²) in [5, 5.41) is 2.92. The van der Waals surface area contributed by atoms with E-state index in [9.17, 15) is 4.79 Å². The van der Waals surface area contributed by atoms with Gasteiger partial charge in [0.25, 0.3) is 5.91 Å². The Hall–Kier alpha value is -1.59. The quantitative estimate of drug-likeness (QED) is 0.580. The molecule has 1 rings (SSSR count). The molecule has 0 bridgehead atoms. The number of carbonyl (C=O) groups is 1. The van der Waals surface area contributed by atoms with Gasteiger partial charge in [-0.15, -0.1) is 0 Å². The first-order chi connectivity index (χ1) is 12.0. The Labute approximate surface area is 152 Å². The van der Waals surface area contributed by atoms with Crippen LogP contribution in [0.25, 0.3) is 0 Å². The third-order valence-corrected chi connectivity index (χ3v) is 4.55. The monoisotopic (exact) mass is 350 g/mol. The number of hydrogen-bond donors (Lipinski definition) is 1. The highest BCUT2D eigenvalue weighted by molar-refractivity contribution is 5.97. The normalized spacial score (nSPS) is 13.5. The van der Waals surface area contributed by atoms with E-state index >= 15 is 0 Å². The number of nitrogens with zero attached hydrogens (tertiary/aromatic N) is 1. The van der Waals surface area contributed by atoms with Crippen molar-refractivity contribution in [2.75, 3.05) is 38.7 Å². The highest BCUT2D eigenvalue weighted by Crippen LogP contribution is 2.21. The maximum Gasteiger partial charge on any atom is 0.256 e. The van der Waals surface area contributed by atoms with E-state index in [1.54, 1.807) is 7.11 Å². The number of nitrogens with one attached hydrogen (secondary N) is 1. The minimum Gasteiger partial charge on any atom is -0.494 e. The van der Waals surface area contributed by atoms with Gasteiger partial charge in [0.15, 0.2) is 0 Å². The lowest BCUT2D eigenvalue weighted by Crippen LogP contribution is -2.41. The lowest BCUT2D eigenvalue weighted by molar-refractivity contribution is -0.136. The Bertz CT molecular complexity index is 500. The van der Waals surface area contributed by atoms with Crippen molar-refractivity contribution in [1.82, 2.24) is 4.90 Å². The summed E-state index contributed by atoms with van der Waals surface area (Å²) in [6, 6.07) is 7.49. The smallest absolute Gasteiger partial charge is 0.256 e. The average molecular weight is 351 g/mol. The minimum atomic E-state index is -0.797. The predicted octanol–water partition coefficient (Wildman–Crippen LogP) is 3.94. The second-order valence-electron chi connectivity index (χ2n) is 6.39. The van der Waals surface area contributed by atoms with Crippen molar-refractivity contribution >= 4 is 11.6 Å². The van der Waals surface area contributed by atoms with Gasteiger partial charge in [-0.25, -0.2) is 0 Å². The summed E-state index contributed by atoms with van der Waals surface area (Å²) < 4.78 is 11.2. The second kappa shape index (κ2) is 11.1. The Kier molecular flexibility index (Phi) is 9.53. The van der Waals surface area contributed by atoms with Gasteiger partial charge in [0.2, 0.25) is 0 Å². The van der Waals surface area contributed by atoms with Crippen LogP contribution in [0.15, 0.2) is 24.3 Å². The van der Waals surface area contributed by atoms with E-state index in [1.165, 1.54) is 0 Å². The summed E-state index contributed by atoms with van der Waals surface area (Å²) in [5.41, 5.74) is -0.0474. The van der Waals surface area contributed by atoms with E-state index in [1.807, 2.05) is 38.1 Å². The highest BCUT2D eigenvalue weighted by atomic mass is 16.5. The van der Waals surface area contributed by atoms with Gasteiger partial charge in [0, 0.05) is 19.3 Å². The Morgan fingerprint density at radius 2 is 1.80 bits per heavy atom. The van der Waals surface area contributed by atoms with Gasteiger partial charge < -0.3 is 19.7 Å². The molecule has 1 N–H and O–H groups in total. The number of methoxy groups -OCH3 is 1. The first-order valence-electron chi connectivity index (χ1n) is 9.30. The molecule has 5 nitrogen and oxygen atoms in total. The summed E-state index contributed by atoms with van der Waals surface area (Å²) in [7, 11) is 1.57. The zero-order chi connectivity index (χ0) is 18.7. The number of anilines is 1. The SMILES string of the molecule is CCC[C@](C)(OC)C(=O)Nc1ccc(OCCCN(CC)CC)cc1. The van der Waals surface area contributed by atoms with Crippen LogP contribution in [-0.2, 0) is 9.53 Å². The van der Waals surface area contributed by atoms with Crippen LogP contribution in [0.1, 0.15) is 47.0 Å². The van der Waals surface area contributed by atoms with E-state index in [0.717, 1.165) is 43.9 Å². The molecule has 0 saturated carbocycles. The van der Waals surface area contributed by atoms with Crippen molar-refractivity contribution in [2.24, 2.45) is 0 Å². The molecule has 1 aromatic carbocycles. The van der Waals surface area contributed by atoms with E-state index in [2.05, 4.69) is 24.1 Å². The maximum absolute atomic E-state index is 12.4. The first-order valence-corrected chi connectivity index (χ1v) is 9.30. The fourth-order valence-corrected chi connectivity index (χ4v) is 2.70. The van der Waals surface area contributed by atoms with Gasteiger partial charge in [-0.2, -0.15) is 0 Å². The molecule has 25 heavy (non-hydrogen) atoms. The van der Waals surface area contributed by atoms with Gasteiger partial charge in [-0.1, -0.05) is 27.2 Å². The van der Waals surface area contributed by atoms with Crippen LogP contribution in [0.4, 0.5) is 5.69 Å². The average Bonchev–Trinajstić information content (AvgIpc) is 2.63. The van der Waals surface area contributed by atoms with Crippen LogP contribution in [-0.4, -0.2) is 49.8 Å². The molecule has 5 heteroatoms. The molecule has 0 radical (unpaired) electrons. The van der Waals surface area contributed by atoms with Crippen LogP contribution >= 0.6 is 0 Å². The van der Waals surface area contributed by atoms with Crippen LogP contribution in [0, 0.1) is 0 Å². The molecule has 0 aliphatic heterocycles. The lowest BCUT2D eigenvalue weighted by Gasteiger charge is -2.26. The number of rotatable bonds is 12. The third-order valence-electron chi connectivity index (χ3n) is 4.55. The summed E-state index contributed by atoms with van der Waals surface area (Å²) in [5.74, 6) is 0.699. The summed E-state index contributed by atoms with van der Waals surface area (Å²) in [6.07, 6.45) is 2.57. The molecule has 0 spiro atoms. The standard InChI is InChI=1S/C20H34N2O3/c1-6-14-20(4,24-5)19(23)21-17-10-12-18(13-11-17)25-16-9-15-22(7-2)8-3/h10-13H,6-9,14-16H2,1-5H3,(H,21,23)/t20-/m0/s1. The molecule has 1 atom stereocenters. The largest absolute Gasteiger partial charge is 0.494 e. The topological polar surface area (TPSA) is 50.8 Å². The molecule has 0 aliphatic carbocycles. The molecule has 142 valence electrons. The molecule has 0 unspecified atom stereocenters. The second-order valence-corrected chi connectivity index (χ2v) is 6.39. The molecule has 1 aromatic rings. The zero-order valence-corrected chi connectivity index (χ0v) is 16.4. The van der Waals surface area contributed by atoms with Crippen molar-refractivity contribution in [3.05, 3.63) is 24.3 Å². The molecule has 0 aromatic heterocycles. The number of amides is 1. The third kappa shape index (κ3) is 7.04. The van der Waals surface area contributed by atoms with E-state index < -0.39 is 5.60 Å². The Balaban J connectivity index is 2.47. The predicted molar refractivity (Wildman–Crippen MR) is 103 cm³/mol. The van der Waals surface area contributed by atoms with Crippen LogP contribution in [0.3, 0.4) is 0 Å². The molecule has 0 heterocycles. The highest BCUT2D eigenvalue weighted by Gasteiger charge is 2.31. The van der Waals surface area contributed by atoms with Crippen molar-refractivity contribution in [3.63, 3.8) is 0 Å². The van der Waals surface area contributed by atoms with Gasteiger partial charge in [0.1, 0.15) is 11.4 Å². The van der Waals surface area contributed by atoms with Crippen LogP contribution in [0.5, 0.6) is 5.75 Å². The van der Waals surface area contributed by atoms with Crippen LogP contribution < -0.4 is 10.1 Å². The molecule has 0 aliphatic rings. The van der Waals surface area contributed by atoms with E-state index in [-0.39, 0.29) is 5.91 Å². The zero-order valence-electron chi connectivity index (χ0n) is 16.4.